The maximum absolute atomic E-state index is 12.5. The molecular formula is C18H22N2O4S. The SMILES string of the molecule is COc1ccc(C(C)NC(=O)c2cccc(N(C)S(C)(=O)=O)c2)cc1. The second kappa shape index (κ2) is 7.57. The summed E-state index contributed by atoms with van der Waals surface area (Å²) in [5, 5.41) is 2.91. The van der Waals surface area contributed by atoms with Gasteiger partial charge in [-0.25, -0.2) is 8.42 Å². The van der Waals surface area contributed by atoms with Gasteiger partial charge in [0, 0.05) is 12.6 Å². The first kappa shape index (κ1) is 18.8. The molecule has 0 aromatic heterocycles. The van der Waals surface area contributed by atoms with Crippen LogP contribution < -0.4 is 14.4 Å². The standard InChI is InChI=1S/C18H22N2O4S/c1-13(14-8-10-17(24-3)11-9-14)19-18(21)15-6-5-7-16(12-15)20(2)25(4,22)23/h5-13H,1-4H3,(H,19,21). The highest BCUT2D eigenvalue weighted by molar-refractivity contribution is 7.92. The van der Waals surface area contributed by atoms with Crippen molar-refractivity contribution in [3.63, 3.8) is 0 Å². The number of hydrogen-bond donors (Lipinski definition) is 1. The molecule has 0 radical (unpaired) electrons. The monoisotopic (exact) mass is 362 g/mol. The summed E-state index contributed by atoms with van der Waals surface area (Å²) in [6.07, 6.45) is 1.12. The molecule has 2 rings (SSSR count). The number of methoxy groups -OCH3 is 1. The van der Waals surface area contributed by atoms with Crippen LogP contribution in [-0.4, -0.2) is 34.7 Å². The number of nitrogens with one attached hydrogen (secondary N) is 1. The lowest BCUT2D eigenvalue weighted by atomic mass is 10.1. The second-order valence-electron chi connectivity index (χ2n) is 5.75. The van der Waals surface area contributed by atoms with Crippen molar-refractivity contribution < 1.29 is 17.9 Å². The molecule has 1 N–H and O–H groups in total. The predicted octanol–water partition coefficient (Wildman–Crippen LogP) is 2.58. The maximum atomic E-state index is 12.5. The predicted molar refractivity (Wildman–Crippen MR) is 98.6 cm³/mol. The number of anilines is 1. The molecule has 7 heteroatoms. The third kappa shape index (κ3) is 4.73. The van der Waals surface area contributed by atoms with Crippen LogP contribution in [0.2, 0.25) is 0 Å². The van der Waals surface area contributed by atoms with E-state index in [0.717, 1.165) is 21.9 Å². The Morgan fingerprint density at radius 2 is 1.80 bits per heavy atom. The molecule has 0 heterocycles. The van der Waals surface area contributed by atoms with Gasteiger partial charge in [-0.3, -0.25) is 9.10 Å². The molecule has 1 atom stereocenters. The average molecular weight is 362 g/mol. The van der Waals surface area contributed by atoms with Crippen LogP contribution >= 0.6 is 0 Å². The molecule has 2 aromatic carbocycles. The summed E-state index contributed by atoms with van der Waals surface area (Å²) < 4.78 is 29.5. The molecule has 0 bridgehead atoms. The average Bonchev–Trinajstić information content (AvgIpc) is 2.60. The lowest BCUT2D eigenvalue weighted by Gasteiger charge is -2.18. The van der Waals surface area contributed by atoms with Gasteiger partial charge in [0.05, 0.1) is 25.1 Å². The van der Waals surface area contributed by atoms with E-state index in [4.69, 9.17) is 4.74 Å². The van der Waals surface area contributed by atoms with Crippen LogP contribution in [0.4, 0.5) is 5.69 Å². The summed E-state index contributed by atoms with van der Waals surface area (Å²) in [6, 6.07) is 13.7. The highest BCUT2D eigenvalue weighted by Crippen LogP contribution is 2.20. The third-order valence-electron chi connectivity index (χ3n) is 3.93. The van der Waals surface area contributed by atoms with Gasteiger partial charge in [-0.15, -0.1) is 0 Å². The molecule has 0 aliphatic rings. The topological polar surface area (TPSA) is 75.7 Å². The summed E-state index contributed by atoms with van der Waals surface area (Å²) in [5.74, 6) is 0.478. The Labute approximate surface area is 148 Å². The Morgan fingerprint density at radius 1 is 1.16 bits per heavy atom. The lowest BCUT2D eigenvalue weighted by Crippen LogP contribution is -2.28. The number of carbonyl (C=O) groups is 1. The van der Waals surface area contributed by atoms with E-state index in [2.05, 4.69) is 5.32 Å². The summed E-state index contributed by atoms with van der Waals surface area (Å²) in [6.45, 7) is 1.88. The number of ether oxygens (including phenoxy) is 1. The number of carbonyl (C=O) groups excluding carboxylic acids is 1. The van der Waals surface area contributed by atoms with Crippen LogP contribution in [0.25, 0.3) is 0 Å². The fraction of sp³-hybridized carbons (Fsp3) is 0.278. The van der Waals surface area contributed by atoms with Gasteiger partial charge in [-0.1, -0.05) is 18.2 Å². The van der Waals surface area contributed by atoms with Crippen LogP contribution in [0, 0.1) is 0 Å². The molecule has 2 aromatic rings. The molecule has 1 amide bonds. The Balaban J connectivity index is 2.14. The highest BCUT2D eigenvalue weighted by atomic mass is 32.2. The van der Waals surface area contributed by atoms with Crippen molar-refractivity contribution in [1.29, 1.82) is 0 Å². The number of amides is 1. The number of benzene rings is 2. The molecule has 0 saturated carbocycles. The molecule has 1 unspecified atom stereocenters. The molecular weight excluding hydrogens is 340 g/mol. The van der Waals surface area contributed by atoms with Crippen molar-refractivity contribution in [2.45, 2.75) is 13.0 Å². The van der Waals surface area contributed by atoms with E-state index in [1.165, 1.54) is 7.05 Å². The fourth-order valence-electron chi connectivity index (χ4n) is 2.29. The van der Waals surface area contributed by atoms with Gasteiger partial charge in [0.1, 0.15) is 5.75 Å². The summed E-state index contributed by atoms with van der Waals surface area (Å²) >= 11 is 0. The molecule has 6 nitrogen and oxygen atoms in total. The molecule has 0 saturated heterocycles. The molecule has 25 heavy (non-hydrogen) atoms. The fourth-order valence-corrected chi connectivity index (χ4v) is 2.79. The van der Waals surface area contributed by atoms with E-state index in [-0.39, 0.29) is 11.9 Å². The van der Waals surface area contributed by atoms with Gasteiger partial charge in [-0.05, 0) is 42.8 Å². The van der Waals surface area contributed by atoms with E-state index in [1.54, 1.807) is 31.4 Å². The summed E-state index contributed by atoms with van der Waals surface area (Å²) in [7, 11) is -0.333. The van der Waals surface area contributed by atoms with Gasteiger partial charge < -0.3 is 10.1 Å². The zero-order valence-corrected chi connectivity index (χ0v) is 15.5. The zero-order valence-electron chi connectivity index (χ0n) is 14.7. The minimum atomic E-state index is -3.38. The lowest BCUT2D eigenvalue weighted by molar-refractivity contribution is 0.0940. The Morgan fingerprint density at radius 3 is 2.36 bits per heavy atom. The van der Waals surface area contributed by atoms with Crippen LogP contribution in [0.5, 0.6) is 5.75 Å². The number of hydrogen-bond acceptors (Lipinski definition) is 4. The van der Waals surface area contributed by atoms with Crippen LogP contribution in [0.1, 0.15) is 28.9 Å². The van der Waals surface area contributed by atoms with Crippen molar-refractivity contribution in [2.24, 2.45) is 0 Å². The minimum Gasteiger partial charge on any atom is -0.497 e. The van der Waals surface area contributed by atoms with Crippen molar-refractivity contribution in [3.05, 3.63) is 59.7 Å². The van der Waals surface area contributed by atoms with E-state index in [0.29, 0.717) is 11.3 Å². The Hall–Kier alpha value is -2.54. The first-order valence-corrected chi connectivity index (χ1v) is 9.56. The summed E-state index contributed by atoms with van der Waals surface area (Å²) in [5.41, 5.74) is 1.78. The Bertz CT molecular complexity index is 848. The molecule has 0 spiro atoms. The van der Waals surface area contributed by atoms with Gasteiger partial charge in [0.15, 0.2) is 0 Å². The van der Waals surface area contributed by atoms with Gasteiger partial charge in [-0.2, -0.15) is 0 Å². The molecule has 0 fully saturated rings. The highest BCUT2D eigenvalue weighted by Gasteiger charge is 2.16. The second-order valence-corrected chi connectivity index (χ2v) is 7.76. The maximum Gasteiger partial charge on any atom is 0.251 e. The number of sulfonamides is 1. The molecule has 134 valence electrons. The van der Waals surface area contributed by atoms with Gasteiger partial charge in [0.2, 0.25) is 10.0 Å². The molecule has 0 aliphatic heterocycles. The smallest absolute Gasteiger partial charge is 0.251 e. The number of rotatable bonds is 6. The van der Waals surface area contributed by atoms with Crippen LogP contribution in [0.15, 0.2) is 48.5 Å². The first-order chi connectivity index (χ1) is 11.7. The van der Waals surface area contributed by atoms with Crippen LogP contribution in [-0.2, 0) is 10.0 Å². The Kier molecular flexibility index (Phi) is 5.69. The largest absolute Gasteiger partial charge is 0.497 e. The quantitative estimate of drug-likeness (QED) is 0.857. The van der Waals surface area contributed by atoms with Crippen molar-refractivity contribution >= 4 is 21.6 Å². The third-order valence-corrected chi connectivity index (χ3v) is 5.14. The van der Waals surface area contributed by atoms with Crippen molar-refractivity contribution in [1.82, 2.24) is 5.32 Å². The zero-order chi connectivity index (χ0) is 18.6. The van der Waals surface area contributed by atoms with Crippen LogP contribution in [0.3, 0.4) is 0 Å². The normalized spacial score (nSPS) is 12.3. The van der Waals surface area contributed by atoms with E-state index >= 15 is 0 Å². The number of nitrogens with zero attached hydrogens (tertiary/aromatic N) is 1. The molecule has 0 aliphatic carbocycles. The minimum absolute atomic E-state index is 0.199. The first-order valence-electron chi connectivity index (χ1n) is 7.71. The van der Waals surface area contributed by atoms with Crippen molar-refractivity contribution in [2.75, 3.05) is 24.7 Å². The van der Waals surface area contributed by atoms with E-state index < -0.39 is 10.0 Å². The van der Waals surface area contributed by atoms with Gasteiger partial charge in [0.25, 0.3) is 5.91 Å². The van der Waals surface area contributed by atoms with E-state index in [1.807, 2.05) is 31.2 Å². The van der Waals surface area contributed by atoms with E-state index in [9.17, 15) is 13.2 Å². The van der Waals surface area contributed by atoms with Crippen molar-refractivity contribution in [3.8, 4) is 5.75 Å². The summed E-state index contributed by atoms with van der Waals surface area (Å²) in [4.78, 5) is 12.5. The van der Waals surface area contributed by atoms with Gasteiger partial charge >= 0.3 is 0 Å².